The van der Waals surface area contributed by atoms with Crippen LogP contribution in [0.5, 0.6) is 0 Å². The predicted molar refractivity (Wildman–Crippen MR) is 227 cm³/mol. The number of aromatic nitrogens is 4. The first-order valence-electron chi connectivity index (χ1n) is 17.1. The van der Waals surface area contributed by atoms with E-state index >= 15 is 0 Å². The van der Waals surface area contributed by atoms with Crippen LogP contribution >= 0.6 is 46.4 Å². The minimum atomic E-state index is -0.384. The fraction of sp³-hybridized carbons (Fsp3) is 0. The molecule has 0 atom stereocenters. The van der Waals surface area contributed by atoms with Gasteiger partial charge in [-0.1, -0.05) is 94.9 Å². The highest BCUT2D eigenvalue weighted by atomic mass is 35.5. The molecule has 0 saturated carbocycles. The van der Waals surface area contributed by atoms with E-state index in [1.54, 1.807) is 30.3 Å². The van der Waals surface area contributed by atoms with Gasteiger partial charge in [0.25, 0.3) is 5.69 Å². The lowest BCUT2D eigenvalue weighted by molar-refractivity contribution is -0.382. The monoisotopic (exact) mass is 795 g/mol. The standard InChI is InChI=1S/C44H25Cl4N5O2/c45-28-9-1-24(2-10-28)40-32-17-18-33(49-32)41(25-3-11-29(46)12-4-25)35-21-22-37(51-35)43(27-7-15-31(48)16-8-27)44-39(53(54)55)23-38(52-44)42(36-20-19-34(40)50-36)26-5-13-30(47)14-6-26/h1-23,49,52H. The third-order valence-corrected chi connectivity index (χ3v) is 10.6. The largest absolute Gasteiger partial charge is 0.354 e. The van der Waals surface area contributed by atoms with Crippen molar-refractivity contribution in [3.05, 3.63) is 168 Å². The number of nitrogens with one attached hydrogen (secondary N) is 2. The second-order valence-corrected chi connectivity index (χ2v) is 14.7. The second-order valence-electron chi connectivity index (χ2n) is 12.9. The molecule has 9 rings (SSSR count). The van der Waals surface area contributed by atoms with Crippen molar-refractivity contribution in [1.82, 2.24) is 19.9 Å². The highest BCUT2D eigenvalue weighted by Crippen LogP contribution is 2.41. The molecule has 55 heavy (non-hydrogen) atoms. The summed E-state index contributed by atoms with van der Waals surface area (Å²) in [4.78, 5) is 30.2. The van der Waals surface area contributed by atoms with Gasteiger partial charge in [-0.2, -0.15) is 0 Å². The Morgan fingerprint density at radius 3 is 1.13 bits per heavy atom. The van der Waals surface area contributed by atoms with Gasteiger partial charge in [0.2, 0.25) is 0 Å². The van der Waals surface area contributed by atoms with E-state index < -0.39 is 0 Å². The average Bonchev–Trinajstić information content (AvgIpc) is 4.01. The van der Waals surface area contributed by atoms with Gasteiger partial charge in [-0.15, -0.1) is 0 Å². The molecule has 2 aliphatic rings. The van der Waals surface area contributed by atoms with Crippen LogP contribution in [0, 0.1) is 10.1 Å². The number of fused-ring (bicyclic) bond motifs is 8. The first-order chi connectivity index (χ1) is 26.7. The molecule has 3 aromatic heterocycles. The summed E-state index contributed by atoms with van der Waals surface area (Å²) >= 11 is 25.4. The summed E-state index contributed by atoms with van der Waals surface area (Å²) in [7, 11) is 0. The first-order valence-corrected chi connectivity index (χ1v) is 18.6. The lowest BCUT2D eigenvalue weighted by Gasteiger charge is -2.07. The number of H-pyrrole nitrogens is 2. The van der Waals surface area contributed by atoms with Crippen LogP contribution < -0.4 is 0 Å². The fourth-order valence-corrected chi connectivity index (χ4v) is 7.60. The Bertz CT molecular complexity index is 2910. The maximum Gasteiger partial charge on any atom is 0.295 e. The number of rotatable bonds is 5. The normalized spacial score (nSPS) is 12.0. The van der Waals surface area contributed by atoms with Gasteiger partial charge in [-0.05, 0) is 107 Å². The summed E-state index contributed by atoms with van der Waals surface area (Å²) in [6, 6.07) is 35.2. The third-order valence-electron chi connectivity index (χ3n) is 9.57. The molecule has 0 fully saturated rings. The van der Waals surface area contributed by atoms with Crippen LogP contribution in [0.15, 0.2) is 115 Å². The minimum absolute atomic E-state index is 0.129. The number of halogens is 4. The molecule has 0 amide bonds. The maximum absolute atomic E-state index is 13.0. The van der Waals surface area contributed by atoms with E-state index in [9.17, 15) is 10.1 Å². The van der Waals surface area contributed by atoms with Crippen molar-refractivity contribution < 1.29 is 4.92 Å². The Morgan fingerprint density at radius 2 is 0.764 bits per heavy atom. The van der Waals surface area contributed by atoms with Crippen LogP contribution in [-0.2, 0) is 0 Å². The molecular formula is C44H25Cl4N5O2. The Hall–Kier alpha value is -5.96. The molecule has 0 unspecified atom stereocenters. The Kier molecular flexibility index (Phi) is 8.87. The summed E-state index contributed by atoms with van der Waals surface area (Å²) in [5.74, 6) is 0. The highest BCUT2D eigenvalue weighted by molar-refractivity contribution is 6.31. The van der Waals surface area contributed by atoms with Gasteiger partial charge < -0.3 is 9.97 Å². The Morgan fingerprint density at radius 1 is 0.436 bits per heavy atom. The van der Waals surface area contributed by atoms with Crippen molar-refractivity contribution in [2.45, 2.75) is 0 Å². The number of nitro groups is 1. The van der Waals surface area contributed by atoms with E-state index in [0.717, 1.165) is 38.9 Å². The molecule has 0 saturated heterocycles. The van der Waals surface area contributed by atoms with Gasteiger partial charge in [0.1, 0.15) is 5.52 Å². The fourth-order valence-electron chi connectivity index (χ4n) is 7.09. The van der Waals surface area contributed by atoms with Gasteiger partial charge in [0.05, 0.1) is 33.2 Å². The van der Waals surface area contributed by atoms with E-state index in [1.165, 1.54) is 0 Å². The Balaban J connectivity index is 1.51. The second kappa shape index (κ2) is 14.0. The summed E-state index contributed by atoms with van der Waals surface area (Å²) in [6.45, 7) is 0. The predicted octanol–water partition coefficient (Wildman–Crippen LogP) is 13.8. The number of benzene rings is 4. The van der Waals surface area contributed by atoms with Gasteiger partial charge >= 0.3 is 0 Å². The quantitative estimate of drug-likeness (QED) is 0.134. The molecule has 2 aliphatic heterocycles. The summed E-state index contributed by atoms with van der Waals surface area (Å²) in [6.07, 6.45) is 7.67. The molecule has 7 aromatic rings. The zero-order valence-electron chi connectivity index (χ0n) is 28.4. The van der Waals surface area contributed by atoms with Crippen LogP contribution in [0.25, 0.3) is 90.9 Å². The molecule has 266 valence electrons. The molecule has 7 nitrogen and oxygen atoms in total. The minimum Gasteiger partial charge on any atom is -0.354 e. The number of nitrogens with zero attached hydrogens (tertiary/aromatic N) is 3. The number of hydrogen-bond donors (Lipinski definition) is 2. The lowest BCUT2D eigenvalue weighted by atomic mass is 10.0. The van der Waals surface area contributed by atoms with Crippen LogP contribution in [-0.4, -0.2) is 24.9 Å². The molecule has 11 heteroatoms. The average molecular weight is 798 g/mol. The smallest absolute Gasteiger partial charge is 0.295 e. The number of hydrogen-bond acceptors (Lipinski definition) is 4. The maximum atomic E-state index is 13.0. The summed E-state index contributed by atoms with van der Waals surface area (Å²) < 4.78 is 0. The Labute approximate surface area is 334 Å². The molecule has 0 radical (unpaired) electrons. The lowest BCUT2D eigenvalue weighted by Crippen LogP contribution is -1.91. The van der Waals surface area contributed by atoms with Crippen LogP contribution in [0.1, 0.15) is 22.8 Å². The van der Waals surface area contributed by atoms with Crippen molar-refractivity contribution in [3.63, 3.8) is 0 Å². The van der Waals surface area contributed by atoms with Gasteiger partial charge in [0.15, 0.2) is 0 Å². The number of aromatic amines is 2. The first kappa shape index (κ1) is 34.8. The van der Waals surface area contributed by atoms with Crippen LogP contribution in [0.3, 0.4) is 0 Å². The van der Waals surface area contributed by atoms with Gasteiger partial charge in [-0.25, -0.2) is 9.97 Å². The zero-order valence-corrected chi connectivity index (χ0v) is 31.5. The molecule has 5 heterocycles. The zero-order chi connectivity index (χ0) is 37.8. The van der Waals surface area contributed by atoms with E-state index in [4.69, 9.17) is 56.4 Å². The van der Waals surface area contributed by atoms with E-state index in [0.29, 0.717) is 65.1 Å². The molecule has 8 bridgehead atoms. The topological polar surface area (TPSA) is 100 Å². The SMILES string of the molecule is O=[N+]([O-])c1cc2[nH]c1c(-c1ccc(Cl)cc1)c1nc(c(-c3ccc(Cl)cc3)c3ccc([nH]3)c(-c3ccc(Cl)cc3)c3nc(c2-c2ccc(Cl)cc2)C=C3)C=C1. The molecule has 4 aromatic carbocycles. The van der Waals surface area contributed by atoms with Crippen molar-refractivity contribution >= 4 is 98.5 Å². The van der Waals surface area contributed by atoms with Crippen molar-refractivity contribution in [1.29, 1.82) is 0 Å². The van der Waals surface area contributed by atoms with Crippen molar-refractivity contribution in [2.24, 2.45) is 0 Å². The molecule has 2 N–H and O–H groups in total. The van der Waals surface area contributed by atoms with Gasteiger partial charge in [-0.3, -0.25) is 10.1 Å². The molecular weight excluding hydrogens is 772 g/mol. The van der Waals surface area contributed by atoms with Crippen LogP contribution in [0.4, 0.5) is 5.69 Å². The van der Waals surface area contributed by atoms with Crippen molar-refractivity contribution in [3.8, 4) is 44.5 Å². The van der Waals surface area contributed by atoms with E-state index in [-0.39, 0.29) is 16.1 Å². The summed E-state index contributed by atoms with van der Waals surface area (Å²) in [5.41, 5.74) is 10.7. The van der Waals surface area contributed by atoms with Gasteiger partial charge in [0, 0.05) is 59.4 Å². The van der Waals surface area contributed by atoms with Crippen LogP contribution in [0.2, 0.25) is 20.1 Å². The highest BCUT2D eigenvalue weighted by Gasteiger charge is 2.24. The van der Waals surface area contributed by atoms with E-state index in [1.807, 2.05) is 109 Å². The van der Waals surface area contributed by atoms with Crippen molar-refractivity contribution in [2.75, 3.05) is 0 Å². The summed E-state index contributed by atoms with van der Waals surface area (Å²) in [5, 5.41) is 15.3. The third kappa shape index (κ3) is 6.51. The molecule has 0 spiro atoms. The molecule has 0 aliphatic carbocycles. The van der Waals surface area contributed by atoms with E-state index in [2.05, 4.69) is 9.97 Å².